The highest BCUT2D eigenvalue weighted by Crippen LogP contribution is 2.44. The summed E-state index contributed by atoms with van der Waals surface area (Å²) in [5.41, 5.74) is -1.06. The zero-order valence-electron chi connectivity index (χ0n) is 17.2. The van der Waals surface area contributed by atoms with Crippen molar-refractivity contribution in [3.8, 4) is 11.1 Å². The summed E-state index contributed by atoms with van der Waals surface area (Å²) in [6.07, 6.45) is -6.75. The van der Waals surface area contributed by atoms with E-state index in [4.69, 9.17) is 4.74 Å². The summed E-state index contributed by atoms with van der Waals surface area (Å²) in [7, 11) is 1.66. The highest BCUT2D eigenvalue weighted by atomic mass is 19.4. The van der Waals surface area contributed by atoms with E-state index in [1.165, 1.54) is 0 Å². The number of hydrogen-bond acceptors (Lipinski definition) is 1. The Morgan fingerprint density at radius 3 is 1.88 bits per heavy atom. The molecular formula is C23H22F8O. The van der Waals surface area contributed by atoms with E-state index in [0.29, 0.717) is 36.1 Å². The summed E-state index contributed by atoms with van der Waals surface area (Å²) in [4.78, 5) is 0. The van der Waals surface area contributed by atoms with E-state index in [1.54, 1.807) is 31.4 Å². The van der Waals surface area contributed by atoms with Crippen LogP contribution in [0.3, 0.4) is 0 Å². The maximum atomic E-state index is 14.2. The molecule has 0 saturated heterocycles. The first kappa shape index (κ1) is 24.5. The van der Waals surface area contributed by atoms with Crippen LogP contribution >= 0.6 is 0 Å². The maximum absolute atomic E-state index is 14.2. The van der Waals surface area contributed by atoms with Gasteiger partial charge in [-0.3, -0.25) is 0 Å². The van der Waals surface area contributed by atoms with Crippen LogP contribution in [-0.2, 0) is 10.7 Å². The molecule has 1 saturated carbocycles. The van der Waals surface area contributed by atoms with Crippen molar-refractivity contribution in [2.24, 2.45) is 5.92 Å². The quantitative estimate of drug-likeness (QED) is 0.400. The van der Waals surface area contributed by atoms with Crippen LogP contribution in [-0.4, -0.2) is 26.1 Å². The minimum absolute atomic E-state index is 0.141. The second kappa shape index (κ2) is 9.37. The molecule has 0 heterocycles. The van der Waals surface area contributed by atoms with Gasteiger partial charge < -0.3 is 4.74 Å². The third kappa shape index (κ3) is 5.08. The van der Waals surface area contributed by atoms with Crippen molar-refractivity contribution in [3.63, 3.8) is 0 Å². The van der Waals surface area contributed by atoms with Gasteiger partial charge in [-0.2, -0.15) is 22.0 Å². The molecule has 1 fully saturated rings. The van der Waals surface area contributed by atoms with Crippen LogP contribution in [0.15, 0.2) is 36.4 Å². The molecule has 2 aromatic carbocycles. The van der Waals surface area contributed by atoms with Crippen LogP contribution in [0.1, 0.15) is 42.7 Å². The van der Waals surface area contributed by atoms with E-state index in [1.807, 2.05) is 0 Å². The van der Waals surface area contributed by atoms with Crippen molar-refractivity contribution in [1.29, 1.82) is 0 Å². The summed E-state index contributed by atoms with van der Waals surface area (Å²) in [6, 6.07) is 7.65. The van der Waals surface area contributed by atoms with E-state index in [9.17, 15) is 35.1 Å². The summed E-state index contributed by atoms with van der Waals surface area (Å²) < 4.78 is 112. The minimum Gasteiger partial charge on any atom is -0.384 e. The lowest BCUT2D eigenvalue weighted by atomic mass is 9.79. The van der Waals surface area contributed by atoms with E-state index in [-0.39, 0.29) is 5.56 Å². The molecule has 3 rings (SSSR count). The van der Waals surface area contributed by atoms with Gasteiger partial charge in [-0.15, -0.1) is 0 Å². The molecule has 0 radical (unpaired) electrons. The summed E-state index contributed by atoms with van der Waals surface area (Å²) in [5, 5.41) is 0. The molecule has 0 aromatic heterocycles. The molecule has 1 aliphatic rings. The SMILES string of the molecule is COCC1CCC(c2ccc(-c3cc(F)c(C(F)(F)C(F)C(F)(F)F)c(F)c3)cc2)CC1. The average Bonchev–Trinajstić information content (AvgIpc) is 2.73. The number of rotatable bonds is 6. The fourth-order valence-electron chi connectivity index (χ4n) is 4.24. The molecule has 0 aliphatic heterocycles. The maximum Gasteiger partial charge on any atom is 0.426 e. The molecule has 1 nitrogen and oxygen atoms in total. The lowest BCUT2D eigenvalue weighted by molar-refractivity contribution is -0.249. The topological polar surface area (TPSA) is 9.23 Å². The first-order valence-corrected chi connectivity index (χ1v) is 10.1. The number of hydrogen-bond donors (Lipinski definition) is 0. The van der Waals surface area contributed by atoms with Crippen molar-refractivity contribution < 1.29 is 39.9 Å². The van der Waals surface area contributed by atoms with Gasteiger partial charge >= 0.3 is 12.1 Å². The second-order valence-corrected chi connectivity index (χ2v) is 8.14. The Morgan fingerprint density at radius 2 is 1.41 bits per heavy atom. The molecule has 0 N–H and O–H groups in total. The summed E-state index contributed by atoms with van der Waals surface area (Å²) >= 11 is 0. The van der Waals surface area contributed by atoms with Gasteiger partial charge in [-0.05, 0) is 66.3 Å². The number of ether oxygens (including phenoxy) is 1. The van der Waals surface area contributed by atoms with Gasteiger partial charge in [0, 0.05) is 13.7 Å². The number of benzene rings is 2. The van der Waals surface area contributed by atoms with Gasteiger partial charge in [0.05, 0.1) is 5.56 Å². The van der Waals surface area contributed by atoms with Gasteiger partial charge in [-0.25, -0.2) is 13.2 Å². The Morgan fingerprint density at radius 1 is 0.875 bits per heavy atom. The Balaban J connectivity index is 1.81. The van der Waals surface area contributed by atoms with E-state index >= 15 is 0 Å². The molecule has 1 unspecified atom stereocenters. The summed E-state index contributed by atoms with van der Waals surface area (Å²) in [5.74, 6) is -8.47. The standard InChI is InChI=1S/C23H22F8O/c1-32-12-13-2-4-14(5-3-13)15-6-8-16(9-7-15)17-10-18(24)20(19(25)11-17)22(27,28)21(26)23(29,30)31/h6-11,13-14,21H,2-5,12H2,1H3. The molecular weight excluding hydrogens is 444 g/mol. The Kier molecular flexibility index (Phi) is 7.17. The van der Waals surface area contributed by atoms with Crippen LogP contribution in [0.4, 0.5) is 35.1 Å². The van der Waals surface area contributed by atoms with Crippen molar-refractivity contribution in [2.45, 2.75) is 49.9 Å². The van der Waals surface area contributed by atoms with E-state index < -0.39 is 35.5 Å². The Bertz CT molecular complexity index is 892. The largest absolute Gasteiger partial charge is 0.426 e. The molecule has 1 aliphatic carbocycles. The average molecular weight is 466 g/mol. The van der Waals surface area contributed by atoms with Gasteiger partial charge in [0.25, 0.3) is 6.17 Å². The smallest absolute Gasteiger partial charge is 0.384 e. The molecule has 32 heavy (non-hydrogen) atoms. The van der Waals surface area contributed by atoms with Gasteiger partial charge in [0.15, 0.2) is 0 Å². The fraction of sp³-hybridized carbons (Fsp3) is 0.478. The zero-order valence-corrected chi connectivity index (χ0v) is 17.2. The monoisotopic (exact) mass is 466 g/mol. The molecule has 1 atom stereocenters. The highest BCUT2D eigenvalue weighted by Gasteiger charge is 2.59. The number of alkyl halides is 6. The van der Waals surface area contributed by atoms with Crippen molar-refractivity contribution in [1.82, 2.24) is 0 Å². The van der Waals surface area contributed by atoms with Crippen LogP contribution in [0, 0.1) is 17.6 Å². The van der Waals surface area contributed by atoms with Gasteiger partial charge in [-0.1, -0.05) is 24.3 Å². The number of halogens is 8. The van der Waals surface area contributed by atoms with Gasteiger partial charge in [0.1, 0.15) is 11.6 Å². The third-order valence-corrected chi connectivity index (χ3v) is 5.95. The van der Waals surface area contributed by atoms with Crippen molar-refractivity contribution in [2.75, 3.05) is 13.7 Å². The Labute approximate surface area is 180 Å². The molecule has 0 amide bonds. The van der Waals surface area contributed by atoms with Crippen LogP contribution in [0.5, 0.6) is 0 Å². The number of methoxy groups -OCH3 is 1. The second-order valence-electron chi connectivity index (χ2n) is 8.14. The molecule has 9 heteroatoms. The normalized spacial score (nSPS) is 20.9. The minimum atomic E-state index is -5.97. The van der Waals surface area contributed by atoms with Crippen molar-refractivity contribution >= 4 is 0 Å². The molecule has 2 aromatic rings. The molecule has 0 spiro atoms. The lowest BCUT2D eigenvalue weighted by Crippen LogP contribution is -2.40. The summed E-state index contributed by atoms with van der Waals surface area (Å²) in [6.45, 7) is 0.712. The van der Waals surface area contributed by atoms with Crippen molar-refractivity contribution in [3.05, 3.63) is 59.2 Å². The van der Waals surface area contributed by atoms with Crippen LogP contribution in [0.25, 0.3) is 11.1 Å². The van der Waals surface area contributed by atoms with Crippen LogP contribution < -0.4 is 0 Å². The van der Waals surface area contributed by atoms with Gasteiger partial charge in [0.2, 0.25) is 0 Å². The third-order valence-electron chi connectivity index (χ3n) is 5.95. The van der Waals surface area contributed by atoms with E-state index in [0.717, 1.165) is 31.2 Å². The first-order valence-electron chi connectivity index (χ1n) is 10.1. The lowest BCUT2D eigenvalue weighted by Gasteiger charge is -2.28. The Hall–Kier alpha value is -2.16. The molecule has 0 bridgehead atoms. The highest BCUT2D eigenvalue weighted by molar-refractivity contribution is 5.64. The van der Waals surface area contributed by atoms with E-state index in [2.05, 4.69) is 0 Å². The fourth-order valence-corrected chi connectivity index (χ4v) is 4.24. The molecule has 176 valence electrons. The predicted octanol–water partition coefficient (Wildman–Crippen LogP) is 7.54. The predicted molar refractivity (Wildman–Crippen MR) is 103 cm³/mol. The van der Waals surface area contributed by atoms with Crippen LogP contribution in [0.2, 0.25) is 0 Å². The first-order chi connectivity index (χ1) is 14.9. The zero-order chi connectivity index (χ0) is 23.7.